The predicted molar refractivity (Wildman–Crippen MR) is 120 cm³/mol. The second-order valence-corrected chi connectivity index (χ2v) is 12.3. The molecule has 0 aromatic heterocycles. The van der Waals surface area contributed by atoms with Crippen LogP contribution in [0.15, 0.2) is 11.6 Å². The first kappa shape index (κ1) is 21.9. The van der Waals surface area contributed by atoms with Crippen molar-refractivity contribution in [3.63, 3.8) is 0 Å². The van der Waals surface area contributed by atoms with E-state index < -0.39 is 0 Å². The van der Waals surface area contributed by atoms with E-state index in [2.05, 4.69) is 40.7 Å². The fraction of sp³-hybridized carbons (Fsp3) is 0.926. The quantitative estimate of drug-likeness (QED) is 0.525. The molecule has 4 aliphatic carbocycles. The van der Waals surface area contributed by atoms with Crippen molar-refractivity contribution in [3.05, 3.63) is 11.6 Å². The molecule has 166 valence electrons. The summed E-state index contributed by atoms with van der Waals surface area (Å²) in [6, 6.07) is 0. The first-order valence-corrected chi connectivity index (χ1v) is 12.7. The molecular weight excluding hydrogens is 356 g/mol. The minimum atomic E-state index is -0.121. The molecule has 0 aromatic carbocycles. The minimum absolute atomic E-state index is 0.107. The highest BCUT2D eigenvalue weighted by Gasteiger charge is 2.61. The van der Waals surface area contributed by atoms with Crippen molar-refractivity contribution in [2.24, 2.45) is 46.3 Å². The first-order chi connectivity index (χ1) is 13.7. The fourth-order valence-corrected chi connectivity index (χ4v) is 8.75. The predicted octanol–water partition coefficient (Wildman–Crippen LogP) is 6.36. The van der Waals surface area contributed by atoms with Crippen LogP contribution in [0.2, 0.25) is 0 Å². The number of rotatable bonds is 5. The third kappa shape index (κ3) is 3.65. The summed E-state index contributed by atoms with van der Waals surface area (Å²) in [4.78, 5) is 0. The van der Waals surface area contributed by atoms with Gasteiger partial charge in [-0.25, -0.2) is 0 Å². The smallest absolute Gasteiger partial charge is 0.0579 e. The van der Waals surface area contributed by atoms with Gasteiger partial charge in [0.1, 0.15) is 0 Å². The molecule has 2 nitrogen and oxygen atoms in total. The second kappa shape index (κ2) is 7.97. The Bertz CT molecular complexity index is 624. The van der Waals surface area contributed by atoms with Gasteiger partial charge in [0, 0.05) is 0 Å². The highest BCUT2D eigenvalue weighted by atomic mass is 16.3. The number of hydrogen-bond donors (Lipinski definition) is 2. The molecule has 4 aliphatic rings. The second-order valence-electron chi connectivity index (χ2n) is 12.3. The topological polar surface area (TPSA) is 40.5 Å². The van der Waals surface area contributed by atoms with Crippen LogP contribution in [0.5, 0.6) is 0 Å². The van der Waals surface area contributed by atoms with E-state index in [1.54, 1.807) is 5.57 Å². The van der Waals surface area contributed by atoms with Crippen molar-refractivity contribution >= 4 is 0 Å². The van der Waals surface area contributed by atoms with Crippen molar-refractivity contribution in [2.45, 2.75) is 111 Å². The van der Waals surface area contributed by atoms with Crippen molar-refractivity contribution in [1.82, 2.24) is 0 Å². The van der Waals surface area contributed by atoms with E-state index in [-0.39, 0.29) is 12.2 Å². The number of hydrogen-bond acceptors (Lipinski definition) is 2. The molecule has 3 fully saturated rings. The van der Waals surface area contributed by atoms with Gasteiger partial charge in [0.05, 0.1) is 12.2 Å². The molecule has 9 atom stereocenters. The maximum absolute atomic E-state index is 11.2. The van der Waals surface area contributed by atoms with Crippen LogP contribution in [0.25, 0.3) is 0 Å². The van der Waals surface area contributed by atoms with Crippen LogP contribution in [0.1, 0.15) is 98.8 Å². The lowest BCUT2D eigenvalue weighted by Gasteiger charge is -2.58. The minimum Gasteiger partial charge on any atom is -0.393 e. The maximum atomic E-state index is 11.2. The Morgan fingerprint density at radius 2 is 1.79 bits per heavy atom. The number of allylic oxidation sites excluding steroid dienone is 1. The Hall–Kier alpha value is -0.340. The Kier molecular flexibility index (Phi) is 6.01. The van der Waals surface area contributed by atoms with Gasteiger partial charge in [-0.15, -0.1) is 0 Å². The number of fused-ring (bicyclic) bond motifs is 5. The molecule has 4 rings (SSSR count). The summed E-state index contributed by atoms with van der Waals surface area (Å²) < 4.78 is 0. The molecule has 0 saturated heterocycles. The van der Waals surface area contributed by atoms with Crippen molar-refractivity contribution in [1.29, 1.82) is 0 Å². The highest BCUT2D eigenvalue weighted by Crippen LogP contribution is 2.67. The highest BCUT2D eigenvalue weighted by molar-refractivity contribution is 5.25. The lowest BCUT2D eigenvalue weighted by atomic mass is 9.47. The van der Waals surface area contributed by atoms with E-state index in [4.69, 9.17) is 0 Å². The molecule has 0 aromatic rings. The Labute approximate surface area is 179 Å². The van der Waals surface area contributed by atoms with Crippen LogP contribution in [-0.4, -0.2) is 22.4 Å². The Morgan fingerprint density at radius 3 is 2.52 bits per heavy atom. The summed E-state index contributed by atoms with van der Waals surface area (Å²) in [5.41, 5.74) is 2.17. The molecule has 0 aliphatic heterocycles. The summed E-state index contributed by atoms with van der Waals surface area (Å²) in [5, 5.41) is 21.4. The fourth-order valence-electron chi connectivity index (χ4n) is 8.75. The standard InChI is InChI=1S/C27H46O2/c1-17(2)7-6-8-18(3)25-24(29)16-23-21-10-9-19-15-20(28)11-13-26(19,4)22(21)12-14-27(23,25)5/h9,17-18,20-25,28-29H,6-8,10-16H2,1-5H3/t18-,20+,21-,22+,23+,24?,25+,26+,27+/m1/s1. The summed E-state index contributed by atoms with van der Waals surface area (Å²) >= 11 is 0. The van der Waals surface area contributed by atoms with Gasteiger partial charge >= 0.3 is 0 Å². The maximum Gasteiger partial charge on any atom is 0.0579 e. The number of aliphatic hydroxyl groups excluding tert-OH is 2. The normalized spacial score (nSPS) is 47.9. The molecule has 0 amide bonds. The molecule has 2 N–H and O–H groups in total. The third-order valence-corrected chi connectivity index (χ3v) is 10.2. The monoisotopic (exact) mass is 402 g/mol. The molecule has 0 spiro atoms. The number of aliphatic hydroxyl groups is 2. The van der Waals surface area contributed by atoms with Gasteiger partial charge in [-0.05, 0) is 91.3 Å². The molecule has 0 bridgehead atoms. The van der Waals surface area contributed by atoms with Crippen LogP contribution in [-0.2, 0) is 0 Å². The van der Waals surface area contributed by atoms with Gasteiger partial charge in [0.25, 0.3) is 0 Å². The molecule has 2 heteroatoms. The van der Waals surface area contributed by atoms with Gasteiger partial charge in [0.2, 0.25) is 0 Å². The molecule has 0 heterocycles. The van der Waals surface area contributed by atoms with E-state index in [0.29, 0.717) is 28.6 Å². The van der Waals surface area contributed by atoms with E-state index >= 15 is 0 Å². The first-order valence-electron chi connectivity index (χ1n) is 12.7. The van der Waals surface area contributed by atoms with E-state index in [1.165, 1.54) is 38.5 Å². The van der Waals surface area contributed by atoms with Crippen LogP contribution >= 0.6 is 0 Å². The van der Waals surface area contributed by atoms with Crippen LogP contribution in [0.4, 0.5) is 0 Å². The zero-order chi connectivity index (χ0) is 21.0. The third-order valence-electron chi connectivity index (χ3n) is 10.2. The summed E-state index contributed by atoms with van der Waals surface area (Å²) in [5.74, 6) is 4.07. The summed E-state index contributed by atoms with van der Waals surface area (Å²) in [6.45, 7) is 12.1. The van der Waals surface area contributed by atoms with Gasteiger partial charge in [-0.1, -0.05) is 65.5 Å². The Balaban J connectivity index is 1.53. The summed E-state index contributed by atoms with van der Waals surface area (Å²) in [6.07, 6.45) is 14.0. The zero-order valence-electron chi connectivity index (χ0n) is 19.7. The summed E-state index contributed by atoms with van der Waals surface area (Å²) in [7, 11) is 0. The van der Waals surface area contributed by atoms with Gasteiger partial charge in [-0.3, -0.25) is 0 Å². The van der Waals surface area contributed by atoms with Gasteiger partial charge in [0.15, 0.2) is 0 Å². The lowest BCUT2D eigenvalue weighted by molar-refractivity contribution is -0.0620. The largest absolute Gasteiger partial charge is 0.393 e. The zero-order valence-corrected chi connectivity index (χ0v) is 19.7. The molecule has 1 unspecified atom stereocenters. The molecule has 0 radical (unpaired) electrons. The van der Waals surface area contributed by atoms with Crippen LogP contribution < -0.4 is 0 Å². The Morgan fingerprint density at radius 1 is 1.03 bits per heavy atom. The van der Waals surface area contributed by atoms with Gasteiger partial charge in [-0.2, -0.15) is 0 Å². The van der Waals surface area contributed by atoms with E-state index in [0.717, 1.165) is 43.4 Å². The van der Waals surface area contributed by atoms with Crippen molar-refractivity contribution in [2.75, 3.05) is 0 Å². The average molecular weight is 403 g/mol. The molecular formula is C27H46O2. The molecule has 29 heavy (non-hydrogen) atoms. The van der Waals surface area contributed by atoms with E-state index in [9.17, 15) is 10.2 Å². The van der Waals surface area contributed by atoms with Crippen LogP contribution in [0.3, 0.4) is 0 Å². The SMILES string of the molecule is CC(C)CCC[C@@H](C)[C@H]1C(O)C[C@H]2[C@@H]3CC=C4C[C@@H](O)CC[C@]4(C)[C@H]3CC[C@]12C. The van der Waals surface area contributed by atoms with Gasteiger partial charge < -0.3 is 10.2 Å². The van der Waals surface area contributed by atoms with E-state index in [1.807, 2.05) is 0 Å². The van der Waals surface area contributed by atoms with Crippen LogP contribution in [0, 0.1) is 46.3 Å². The average Bonchev–Trinajstić information content (AvgIpc) is 2.92. The lowest BCUT2D eigenvalue weighted by Crippen LogP contribution is -2.51. The van der Waals surface area contributed by atoms with Crippen molar-refractivity contribution in [3.8, 4) is 0 Å². The van der Waals surface area contributed by atoms with Crippen molar-refractivity contribution < 1.29 is 10.2 Å². The molecule has 3 saturated carbocycles.